The number of urea groups is 1. The van der Waals surface area contributed by atoms with Crippen LogP contribution in [-0.2, 0) is 0 Å². The number of pyridine rings is 1. The minimum absolute atomic E-state index is 0.0696. The smallest absolute Gasteiger partial charge is 0.321 e. The highest BCUT2D eigenvalue weighted by atomic mass is 16.2. The minimum atomic E-state index is -0.0696. The van der Waals surface area contributed by atoms with E-state index in [4.69, 9.17) is 0 Å². The summed E-state index contributed by atoms with van der Waals surface area (Å²) in [7, 11) is 0. The highest BCUT2D eigenvalue weighted by molar-refractivity contribution is 5.89. The van der Waals surface area contributed by atoms with Crippen molar-refractivity contribution < 1.29 is 4.79 Å². The Morgan fingerprint density at radius 1 is 0.900 bits per heavy atom. The van der Waals surface area contributed by atoms with Gasteiger partial charge < -0.3 is 20.4 Å². The second-order valence-electron chi connectivity index (χ2n) is 7.38. The van der Waals surface area contributed by atoms with Gasteiger partial charge in [-0.25, -0.2) is 19.7 Å². The third kappa shape index (κ3) is 4.83. The molecule has 2 amide bonds. The quantitative estimate of drug-likeness (QED) is 0.692. The number of hydrogen-bond donors (Lipinski definition) is 2. The van der Waals surface area contributed by atoms with Gasteiger partial charge in [0, 0.05) is 44.1 Å². The SMILES string of the molecule is Cc1cc(C)cc(NC(=O)N2CCN(c3cc(Nc4ccccn4)ncn3)CC2)c1. The summed E-state index contributed by atoms with van der Waals surface area (Å²) in [5, 5.41) is 6.19. The van der Waals surface area contributed by atoms with Gasteiger partial charge in [-0.2, -0.15) is 0 Å². The van der Waals surface area contributed by atoms with Crippen LogP contribution in [-0.4, -0.2) is 52.1 Å². The van der Waals surface area contributed by atoms with Crippen molar-refractivity contribution >= 4 is 29.2 Å². The zero-order valence-corrected chi connectivity index (χ0v) is 17.2. The molecule has 1 aliphatic heterocycles. The van der Waals surface area contributed by atoms with Crippen molar-refractivity contribution in [2.75, 3.05) is 41.7 Å². The van der Waals surface area contributed by atoms with Crippen LogP contribution in [0, 0.1) is 13.8 Å². The first kappa shape index (κ1) is 19.6. The highest BCUT2D eigenvalue weighted by Gasteiger charge is 2.22. The normalized spacial score (nSPS) is 13.8. The van der Waals surface area contributed by atoms with Crippen LogP contribution in [0.5, 0.6) is 0 Å². The van der Waals surface area contributed by atoms with E-state index in [0.29, 0.717) is 32.0 Å². The van der Waals surface area contributed by atoms with E-state index in [1.165, 1.54) is 0 Å². The van der Waals surface area contributed by atoms with Gasteiger partial charge in [0.15, 0.2) is 0 Å². The van der Waals surface area contributed by atoms with Gasteiger partial charge in [-0.05, 0) is 49.2 Å². The van der Waals surface area contributed by atoms with Crippen LogP contribution in [0.4, 0.5) is 27.9 Å². The molecule has 30 heavy (non-hydrogen) atoms. The maximum absolute atomic E-state index is 12.6. The average molecular weight is 403 g/mol. The number of rotatable bonds is 4. The molecular formula is C22H25N7O. The molecule has 0 spiro atoms. The first-order valence-electron chi connectivity index (χ1n) is 9.96. The Morgan fingerprint density at radius 3 is 2.37 bits per heavy atom. The number of piperazine rings is 1. The highest BCUT2D eigenvalue weighted by Crippen LogP contribution is 2.19. The van der Waals surface area contributed by atoms with Crippen molar-refractivity contribution in [3.05, 3.63) is 66.1 Å². The number of hydrogen-bond acceptors (Lipinski definition) is 6. The Morgan fingerprint density at radius 2 is 1.67 bits per heavy atom. The van der Waals surface area contributed by atoms with Crippen LogP contribution >= 0.6 is 0 Å². The van der Waals surface area contributed by atoms with E-state index in [-0.39, 0.29) is 6.03 Å². The summed E-state index contributed by atoms with van der Waals surface area (Å²) in [6.45, 7) is 6.73. The molecule has 3 aromatic rings. The van der Waals surface area contributed by atoms with Crippen LogP contribution in [0.15, 0.2) is 55.0 Å². The Balaban J connectivity index is 1.35. The van der Waals surface area contributed by atoms with Crippen LogP contribution in [0.1, 0.15) is 11.1 Å². The van der Waals surface area contributed by atoms with Crippen molar-refractivity contribution in [2.45, 2.75) is 13.8 Å². The van der Waals surface area contributed by atoms with E-state index in [1.807, 2.05) is 55.1 Å². The van der Waals surface area contributed by atoms with E-state index in [2.05, 4.69) is 36.6 Å². The molecule has 8 nitrogen and oxygen atoms in total. The van der Waals surface area contributed by atoms with Gasteiger partial charge in [-0.15, -0.1) is 0 Å². The van der Waals surface area contributed by atoms with Crippen molar-refractivity contribution in [2.24, 2.45) is 0 Å². The number of anilines is 4. The molecule has 154 valence electrons. The third-order valence-corrected chi connectivity index (χ3v) is 4.94. The van der Waals surface area contributed by atoms with Gasteiger partial charge in [-0.3, -0.25) is 0 Å². The summed E-state index contributed by atoms with van der Waals surface area (Å²) in [5.74, 6) is 2.25. The van der Waals surface area contributed by atoms with Crippen LogP contribution < -0.4 is 15.5 Å². The largest absolute Gasteiger partial charge is 0.353 e. The molecule has 0 saturated carbocycles. The van der Waals surface area contributed by atoms with Gasteiger partial charge in [0.25, 0.3) is 0 Å². The van der Waals surface area contributed by atoms with E-state index >= 15 is 0 Å². The lowest BCUT2D eigenvalue weighted by Gasteiger charge is -2.35. The van der Waals surface area contributed by atoms with Gasteiger partial charge >= 0.3 is 6.03 Å². The van der Waals surface area contributed by atoms with Gasteiger partial charge in [0.1, 0.15) is 23.8 Å². The zero-order chi connectivity index (χ0) is 20.9. The molecule has 1 aromatic carbocycles. The van der Waals surface area contributed by atoms with Crippen molar-refractivity contribution in [1.82, 2.24) is 19.9 Å². The molecule has 1 aliphatic rings. The van der Waals surface area contributed by atoms with Gasteiger partial charge in [-0.1, -0.05) is 12.1 Å². The molecule has 0 bridgehead atoms. The van der Waals surface area contributed by atoms with Gasteiger partial charge in [0.2, 0.25) is 0 Å². The maximum atomic E-state index is 12.6. The van der Waals surface area contributed by atoms with Crippen molar-refractivity contribution in [3.8, 4) is 0 Å². The topological polar surface area (TPSA) is 86.3 Å². The molecule has 0 atom stereocenters. The predicted molar refractivity (Wildman–Crippen MR) is 118 cm³/mol. The molecular weight excluding hydrogens is 378 g/mol. The fourth-order valence-electron chi connectivity index (χ4n) is 3.54. The lowest BCUT2D eigenvalue weighted by Crippen LogP contribution is -2.50. The second-order valence-corrected chi connectivity index (χ2v) is 7.38. The molecule has 4 rings (SSSR count). The fourth-order valence-corrected chi connectivity index (χ4v) is 3.54. The molecule has 1 fully saturated rings. The van der Waals surface area contributed by atoms with Gasteiger partial charge in [0.05, 0.1) is 0 Å². The summed E-state index contributed by atoms with van der Waals surface area (Å²) < 4.78 is 0. The Bertz CT molecular complexity index is 997. The molecule has 0 unspecified atom stereocenters. The number of nitrogens with zero attached hydrogens (tertiary/aromatic N) is 5. The number of nitrogens with one attached hydrogen (secondary N) is 2. The molecule has 0 aliphatic carbocycles. The summed E-state index contributed by atoms with van der Waals surface area (Å²) in [6.07, 6.45) is 3.27. The number of benzene rings is 1. The molecule has 2 N–H and O–H groups in total. The standard InChI is InChI=1S/C22H25N7O/c1-16-11-17(2)13-18(12-16)26-22(30)29-9-7-28(8-10-29)21-14-20(24-15-25-21)27-19-5-3-4-6-23-19/h3-6,11-15H,7-10H2,1-2H3,(H,26,30)(H,23,24,25,27). The second kappa shape index (κ2) is 8.77. The van der Waals surface area contributed by atoms with Crippen LogP contribution in [0.2, 0.25) is 0 Å². The van der Waals surface area contributed by atoms with Crippen molar-refractivity contribution in [3.63, 3.8) is 0 Å². The average Bonchev–Trinajstić information content (AvgIpc) is 2.74. The summed E-state index contributed by atoms with van der Waals surface area (Å²) in [4.78, 5) is 29.6. The maximum Gasteiger partial charge on any atom is 0.321 e. The minimum Gasteiger partial charge on any atom is -0.353 e. The zero-order valence-electron chi connectivity index (χ0n) is 17.2. The predicted octanol–water partition coefficient (Wildman–Crippen LogP) is 3.59. The number of aryl methyl sites for hydroxylation is 2. The molecule has 1 saturated heterocycles. The number of carbonyl (C=O) groups is 1. The summed E-state index contributed by atoms with van der Waals surface area (Å²) >= 11 is 0. The van der Waals surface area contributed by atoms with Crippen LogP contribution in [0.25, 0.3) is 0 Å². The first-order valence-corrected chi connectivity index (χ1v) is 9.96. The monoisotopic (exact) mass is 403 g/mol. The number of amides is 2. The summed E-state index contributed by atoms with van der Waals surface area (Å²) in [5.41, 5.74) is 3.10. The lowest BCUT2D eigenvalue weighted by molar-refractivity contribution is 0.208. The molecule has 2 aromatic heterocycles. The Hall–Kier alpha value is -3.68. The molecule has 0 radical (unpaired) electrons. The summed E-state index contributed by atoms with van der Waals surface area (Å²) in [6, 6.07) is 13.6. The Kier molecular flexibility index (Phi) is 5.74. The molecule has 3 heterocycles. The third-order valence-electron chi connectivity index (χ3n) is 4.94. The van der Waals surface area contributed by atoms with E-state index in [1.54, 1.807) is 12.5 Å². The van der Waals surface area contributed by atoms with Crippen LogP contribution in [0.3, 0.4) is 0 Å². The lowest BCUT2D eigenvalue weighted by atomic mass is 10.1. The van der Waals surface area contributed by atoms with Crippen molar-refractivity contribution in [1.29, 1.82) is 0 Å². The Labute approximate surface area is 176 Å². The fraction of sp³-hybridized carbons (Fsp3) is 0.273. The van der Waals surface area contributed by atoms with E-state index in [0.717, 1.165) is 28.5 Å². The van der Waals surface area contributed by atoms with E-state index in [9.17, 15) is 4.79 Å². The number of aromatic nitrogens is 3. The number of carbonyl (C=O) groups excluding carboxylic acids is 1. The molecule has 8 heteroatoms. The van der Waals surface area contributed by atoms with E-state index < -0.39 is 0 Å². The first-order chi connectivity index (χ1) is 14.6.